The number of nitrogens with one attached hydrogen (secondary N) is 1. The number of amides is 1. The molecule has 0 unspecified atom stereocenters. The number of non-ortho nitro benzene ring substituents is 1. The fourth-order valence-corrected chi connectivity index (χ4v) is 3.24. The molecule has 3 aromatic rings. The molecule has 1 aromatic heterocycles. The van der Waals surface area contributed by atoms with Crippen molar-refractivity contribution in [3.8, 4) is 5.75 Å². The van der Waals surface area contributed by atoms with Crippen LogP contribution in [0.3, 0.4) is 0 Å². The summed E-state index contributed by atoms with van der Waals surface area (Å²) in [5, 5.41) is 21.6. The van der Waals surface area contributed by atoms with Gasteiger partial charge in [0.1, 0.15) is 5.75 Å². The first-order chi connectivity index (χ1) is 14.8. The van der Waals surface area contributed by atoms with Crippen molar-refractivity contribution in [2.45, 2.75) is 38.5 Å². The standard InChI is InChI=1S/C21H22N4O5S/c1-13(2)15-4-7-17(8-5-15)29-11-20-23-24-21(30-20)31-12-19(26)22-18-9-6-16(25(27)28)10-14(18)3/h4-10,13H,11-12H2,1-3H3,(H,22,26). The van der Waals surface area contributed by atoms with Crippen molar-refractivity contribution in [3.05, 3.63) is 69.6 Å². The number of thioether (sulfide) groups is 1. The fourth-order valence-electron chi connectivity index (χ4n) is 2.66. The summed E-state index contributed by atoms with van der Waals surface area (Å²) in [6.07, 6.45) is 0. The molecule has 0 aliphatic rings. The maximum absolute atomic E-state index is 12.2. The van der Waals surface area contributed by atoms with Crippen LogP contribution in [0.1, 0.15) is 36.8 Å². The average Bonchev–Trinajstić information content (AvgIpc) is 3.20. The molecule has 31 heavy (non-hydrogen) atoms. The molecule has 0 saturated carbocycles. The molecule has 0 aliphatic carbocycles. The van der Waals surface area contributed by atoms with Crippen LogP contribution in [-0.4, -0.2) is 26.8 Å². The number of aromatic nitrogens is 2. The second-order valence-electron chi connectivity index (χ2n) is 7.07. The number of nitro groups is 1. The zero-order valence-corrected chi connectivity index (χ0v) is 18.1. The van der Waals surface area contributed by atoms with Crippen molar-refractivity contribution >= 4 is 29.0 Å². The summed E-state index contributed by atoms with van der Waals surface area (Å²) in [7, 11) is 0. The lowest BCUT2D eigenvalue weighted by Gasteiger charge is -2.07. The fraction of sp³-hybridized carbons (Fsp3) is 0.286. The Morgan fingerprint density at radius 3 is 2.61 bits per heavy atom. The molecule has 0 fully saturated rings. The molecule has 0 atom stereocenters. The van der Waals surface area contributed by atoms with Crippen molar-refractivity contribution < 1.29 is 18.9 Å². The molecule has 2 aromatic carbocycles. The number of hydrogen-bond acceptors (Lipinski definition) is 8. The van der Waals surface area contributed by atoms with Gasteiger partial charge in [0, 0.05) is 17.8 Å². The van der Waals surface area contributed by atoms with Gasteiger partial charge in [-0.25, -0.2) is 0 Å². The Morgan fingerprint density at radius 1 is 1.23 bits per heavy atom. The van der Waals surface area contributed by atoms with Crippen molar-refractivity contribution in [2.24, 2.45) is 0 Å². The molecule has 1 amide bonds. The Labute approximate surface area is 183 Å². The summed E-state index contributed by atoms with van der Waals surface area (Å²) < 4.78 is 11.1. The summed E-state index contributed by atoms with van der Waals surface area (Å²) in [5.41, 5.74) is 2.32. The number of hydrogen-bond donors (Lipinski definition) is 1. The van der Waals surface area contributed by atoms with Crippen LogP contribution in [0.4, 0.5) is 11.4 Å². The summed E-state index contributed by atoms with van der Waals surface area (Å²) in [6.45, 7) is 6.07. The van der Waals surface area contributed by atoms with Crippen LogP contribution in [0.25, 0.3) is 0 Å². The number of ether oxygens (including phenoxy) is 1. The largest absolute Gasteiger partial charge is 0.484 e. The molecule has 0 saturated heterocycles. The Balaban J connectivity index is 1.47. The van der Waals surface area contributed by atoms with E-state index in [1.165, 1.54) is 23.8 Å². The van der Waals surface area contributed by atoms with Gasteiger partial charge in [0.25, 0.3) is 16.8 Å². The molecule has 0 spiro atoms. The monoisotopic (exact) mass is 442 g/mol. The predicted molar refractivity (Wildman–Crippen MR) is 116 cm³/mol. The normalized spacial score (nSPS) is 10.8. The first kappa shape index (κ1) is 22.3. The number of nitro benzene ring substituents is 1. The average molecular weight is 442 g/mol. The number of aryl methyl sites for hydroxylation is 1. The van der Waals surface area contributed by atoms with Crippen LogP contribution in [0.2, 0.25) is 0 Å². The van der Waals surface area contributed by atoms with Gasteiger partial charge in [-0.15, -0.1) is 10.2 Å². The summed E-state index contributed by atoms with van der Waals surface area (Å²) in [6, 6.07) is 12.1. The molecular formula is C21H22N4O5S. The Hall–Kier alpha value is -3.40. The predicted octanol–water partition coefficient (Wildman–Crippen LogP) is 4.72. The van der Waals surface area contributed by atoms with E-state index in [9.17, 15) is 14.9 Å². The molecule has 162 valence electrons. The highest BCUT2D eigenvalue weighted by Crippen LogP contribution is 2.23. The molecule has 0 aliphatic heterocycles. The maximum Gasteiger partial charge on any atom is 0.277 e. The van der Waals surface area contributed by atoms with Crippen molar-refractivity contribution in [1.29, 1.82) is 0 Å². The maximum atomic E-state index is 12.2. The third kappa shape index (κ3) is 6.29. The number of anilines is 1. The van der Waals surface area contributed by atoms with Crippen LogP contribution in [0.5, 0.6) is 5.75 Å². The highest BCUT2D eigenvalue weighted by atomic mass is 32.2. The van der Waals surface area contributed by atoms with Crippen LogP contribution < -0.4 is 10.1 Å². The molecule has 9 nitrogen and oxygen atoms in total. The van der Waals surface area contributed by atoms with Gasteiger partial charge in [0.2, 0.25) is 5.91 Å². The second kappa shape index (κ2) is 10.1. The zero-order chi connectivity index (χ0) is 22.4. The van der Waals surface area contributed by atoms with E-state index in [1.54, 1.807) is 6.92 Å². The minimum atomic E-state index is -0.480. The molecule has 3 rings (SSSR count). The topological polar surface area (TPSA) is 120 Å². The molecular weight excluding hydrogens is 420 g/mol. The highest BCUT2D eigenvalue weighted by molar-refractivity contribution is 7.99. The lowest BCUT2D eigenvalue weighted by molar-refractivity contribution is -0.384. The van der Waals surface area contributed by atoms with E-state index in [2.05, 4.69) is 29.4 Å². The number of rotatable bonds is 9. The van der Waals surface area contributed by atoms with Crippen LogP contribution in [0.15, 0.2) is 52.1 Å². The Kier molecular flexibility index (Phi) is 7.24. The Morgan fingerprint density at radius 2 is 1.97 bits per heavy atom. The summed E-state index contributed by atoms with van der Waals surface area (Å²) in [5.74, 6) is 1.22. The van der Waals surface area contributed by atoms with E-state index in [1.807, 2.05) is 24.3 Å². The van der Waals surface area contributed by atoms with Gasteiger partial charge in [-0.1, -0.05) is 37.7 Å². The van der Waals surface area contributed by atoms with E-state index in [4.69, 9.17) is 9.15 Å². The van der Waals surface area contributed by atoms with Gasteiger partial charge in [0.05, 0.1) is 10.7 Å². The van der Waals surface area contributed by atoms with E-state index < -0.39 is 4.92 Å². The third-order valence-corrected chi connectivity index (χ3v) is 5.20. The molecule has 10 heteroatoms. The zero-order valence-electron chi connectivity index (χ0n) is 17.3. The number of nitrogens with zero attached hydrogens (tertiary/aromatic N) is 3. The summed E-state index contributed by atoms with van der Waals surface area (Å²) in [4.78, 5) is 22.5. The minimum absolute atomic E-state index is 0.0265. The van der Waals surface area contributed by atoms with Crippen molar-refractivity contribution in [2.75, 3.05) is 11.1 Å². The van der Waals surface area contributed by atoms with Gasteiger partial charge in [-0.05, 0) is 42.2 Å². The first-order valence-corrected chi connectivity index (χ1v) is 10.5. The molecule has 1 N–H and O–H groups in total. The van der Waals surface area contributed by atoms with E-state index in [0.717, 1.165) is 11.8 Å². The van der Waals surface area contributed by atoms with E-state index in [-0.39, 0.29) is 29.2 Å². The van der Waals surface area contributed by atoms with Crippen LogP contribution in [-0.2, 0) is 11.4 Å². The molecule has 0 radical (unpaired) electrons. The lowest BCUT2D eigenvalue weighted by Crippen LogP contribution is -2.14. The second-order valence-corrected chi connectivity index (χ2v) is 7.99. The summed E-state index contributed by atoms with van der Waals surface area (Å²) >= 11 is 1.09. The first-order valence-electron chi connectivity index (χ1n) is 9.54. The number of carbonyl (C=O) groups excluding carboxylic acids is 1. The van der Waals surface area contributed by atoms with Crippen LogP contribution in [0, 0.1) is 17.0 Å². The number of benzene rings is 2. The van der Waals surface area contributed by atoms with Gasteiger partial charge in [-0.2, -0.15) is 0 Å². The van der Waals surface area contributed by atoms with Crippen molar-refractivity contribution in [1.82, 2.24) is 10.2 Å². The minimum Gasteiger partial charge on any atom is -0.484 e. The highest BCUT2D eigenvalue weighted by Gasteiger charge is 2.13. The van der Waals surface area contributed by atoms with Crippen molar-refractivity contribution in [3.63, 3.8) is 0 Å². The molecule has 0 bridgehead atoms. The lowest BCUT2D eigenvalue weighted by atomic mass is 10.0. The molecule has 1 heterocycles. The van der Waals surface area contributed by atoms with E-state index >= 15 is 0 Å². The van der Waals surface area contributed by atoms with Gasteiger partial charge in [0.15, 0.2) is 6.61 Å². The van der Waals surface area contributed by atoms with Gasteiger partial charge >= 0.3 is 0 Å². The Bertz CT molecular complexity index is 1070. The quantitative estimate of drug-likeness (QED) is 0.287. The van der Waals surface area contributed by atoms with Gasteiger partial charge in [-0.3, -0.25) is 14.9 Å². The van der Waals surface area contributed by atoms with E-state index in [0.29, 0.717) is 28.8 Å². The smallest absolute Gasteiger partial charge is 0.277 e. The third-order valence-electron chi connectivity index (χ3n) is 4.38. The van der Waals surface area contributed by atoms with Crippen LogP contribution >= 0.6 is 11.8 Å². The van der Waals surface area contributed by atoms with Gasteiger partial charge < -0.3 is 14.5 Å². The SMILES string of the molecule is Cc1cc([N+](=O)[O-])ccc1NC(=O)CSc1nnc(COc2ccc(C(C)C)cc2)o1. The number of carbonyl (C=O) groups is 1.